The van der Waals surface area contributed by atoms with Crippen molar-refractivity contribution in [2.45, 2.75) is 11.8 Å². The first kappa shape index (κ1) is 20.1. The fourth-order valence-corrected chi connectivity index (χ4v) is 5.16. The molecule has 3 aromatic carbocycles. The molecule has 1 N–H and O–H groups in total. The maximum Gasteiger partial charge on any atom is 0.264 e. The van der Waals surface area contributed by atoms with Crippen LogP contribution in [0.15, 0.2) is 77.7 Å². The summed E-state index contributed by atoms with van der Waals surface area (Å²) in [5.41, 5.74) is 2.82. The number of sulfonamides is 1. The first-order valence-electron chi connectivity index (χ1n) is 9.18. The Morgan fingerprint density at radius 1 is 0.967 bits per heavy atom. The molecule has 0 aliphatic carbocycles. The number of aromatic nitrogens is 1. The first-order valence-corrected chi connectivity index (χ1v) is 11.4. The zero-order chi connectivity index (χ0) is 21.3. The number of amides is 1. The number of carbonyl (C=O) groups is 1. The molecule has 6 nitrogen and oxygen atoms in total. The first-order chi connectivity index (χ1) is 14.4. The van der Waals surface area contributed by atoms with Gasteiger partial charge in [-0.3, -0.25) is 14.4 Å². The number of rotatable bonds is 5. The minimum absolute atomic E-state index is 0.112. The van der Waals surface area contributed by atoms with Crippen LogP contribution in [0.4, 0.5) is 10.8 Å². The number of fused-ring (bicyclic) bond motifs is 1. The highest BCUT2D eigenvalue weighted by Gasteiger charge is 2.21. The van der Waals surface area contributed by atoms with Crippen LogP contribution in [-0.2, 0) is 10.0 Å². The lowest BCUT2D eigenvalue weighted by Gasteiger charge is -2.19. The summed E-state index contributed by atoms with van der Waals surface area (Å²) in [5.74, 6) is -0.341. The second kappa shape index (κ2) is 7.89. The summed E-state index contributed by atoms with van der Waals surface area (Å²) in [6, 6.07) is 20.6. The third-order valence-electron chi connectivity index (χ3n) is 4.74. The van der Waals surface area contributed by atoms with Crippen molar-refractivity contribution in [2.75, 3.05) is 16.7 Å². The van der Waals surface area contributed by atoms with Gasteiger partial charge in [-0.1, -0.05) is 41.7 Å². The van der Waals surface area contributed by atoms with Gasteiger partial charge < -0.3 is 0 Å². The molecule has 0 saturated carbocycles. The van der Waals surface area contributed by atoms with Crippen LogP contribution in [0.5, 0.6) is 0 Å². The molecular weight excluding hydrogens is 418 g/mol. The van der Waals surface area contributed by atoms with E-state index in [9.17, 15) is 13.2 Å². The monoisotopic (exact) mass is 437 g/mol. The van der Waals surface area contributed by atoms with Gasteiger partial charge in [-0.2, -0.15) is 0 Å². The molecule has 30 heavy (non-hydrogen) atoms. The number of hydrogen-bond donors (Lipinski definition) is 1. The smallest absolute Gasteiger partial charge is 0.264 e. The molecule has 1 amide bonds. The minimum atomic E-state index is -3.72. The van der Waals surface area contributed by atoms with Gasteiger partial charge in [0.15, 0.2) is 5.13 Å². The van der Waals surface area contributed by atoms with E-state index < -0.39 is 10.0 Å². The summed E-state index contributed by atoms with van der Waals surface area (Å²) in [6.45, 7) is 1.97. The average Bonchev–Trinajstić information content (AvgIpc) is 3.17. The molecule has 0 fully saturated rings. The molecule has 1 heterocycles. The van der Waals surface area contributed by atoms with E-state index in [1.165, 1.54) is 47.0 Å². The molecule has 0 aliphatic heterocycles. The lowest BCUT2D eigenvalue weighted by molar-refractivity contribution is 0.102. The lowest BCUT2D eigenvalue weighted by atomic mass is 10.2. The minimum Gasteiger partial charge on any atom is -0.298 e. The van der Waals surface area contributed by atoms with E-state index in [0.29, 0.717) is 16.4 Å². The van der Waals surface area contributed by atoms with Crippen LogP contribution in [0.3, 0.4) is 0 Å². The van der Waals surface area contributed by atoms with Crippen LogP contribution in [-0.4, -0.2) is 26.4 Å². The van der Waals surface area contributed by atoms with Crippen LogP contribution < -0.4 is 9.62 Å². The van der Waals surface area contributed by atoms with E-state index in [0.717, 1.165) is 15.8 Å². The van der Waals surface area contributed by atoms with Gasteiger partial charge in [-0.25, -0.2) is 13.4 Å². The van der Waals surface area contributed by atoms with Crippen LogP contribution in [0.1, 0.15) is 15.9 Å². The highest BCUT2D eigenvalue weighted by atomic mass is 32.2. The van der Waals surface area contributed by atoms with Crippen LogP contribution >= 0.6 is 11.3 Å². The quantitative estimate of drug-likeness (QED) is 0.492. The average molecular weight is 438 g/mol. The zero-order valence-corrected chi connectivity index (χ0v) is 18.0. The highest BCUT2D eigenvalue weighted by molar-refractivity contribution is 7.92. The van der Waals surface area contributed by atoms with Crippen molar-refractivity contribution in [3.8, 4) is 0 Å². The number of benzene rings is 3. The summed E-state index contributed by atoms with van der Waals surface area (Å²) in [7, 11) is -2.22. The summed E-state index contributed by atoms with van der Waals surface area (Å²) in [5, 5.41) is 3.29. The van der Waals surface area contributed by atoms with Crippen molar-refractivity contribution >= 4 is 48.3 Å². The van der Waals surface area contributed by atoms with E-state index in [-0.39, 0.29) is 10.8 Å². The van der Waals surface area contributed by atoms with Crippen molar-refractivity contribution in [1.82, 2.24) is 4.98 Å². The largest absolute Gasteiger partial charge is 0.298 e. The van der Waals surface area contributed by atoms with Crippen LogP contribution in [0.25, 0.3) is 10.2 Å². The number of nitrogens with one attached hydrogen (secondary N) is 1. The zero-order valence-electron chi connectivity index (χ0n) is 16.4. The molecule has 0 atom stereocenters. The Bertz CT molecular complexity index is 1320. The van der Waals surface area contributed by atoms with Gasteiger partial charge in [0, 0.05) is 12.6 Å². The Morgan fingerprint density at radius 2 is 1.67 bits per heavy atom. The van der Waals surface area contributed by atoms with Crippen LogP contribution in [0, 0.1) is 6.92 Å². The number of carbonyl (C=O) groups excluding carboxylic acids is 1. The summed E-state index contributed by atoms with van der Waals surface area (Å²) < 4.78 is 27.9. The Morgan fingerprint density at radius 3 is 2.33 bits per heavy atom. The van der Waals surface area contributed by atoms with E-state index in [1.807, 2.05) is 31.2 Å². The maximum atomic E-state index is 12.9. The molecule has 0 aliphatic rings. The predicted octanol–water partition coefficient (Wildman–Crippen LogP) is 4.68. The van der Waals surface area contributed by atoms with E-state index in [4.69, 9.17) is 0 Å². The molecule has 0 radical (unpaired) electrons. The molecule has 4 rings (SSSR count). The third-order valence-corrected chi connectivity index (χ3v) is 7.47. The van der Waals surface area contributed by atoms with Crippen molar-refractivity contribution in [3.05, 3.63) is 83.9 Å². The third kappa shape index (κ3) is 3.79. The molecule has 4 aromatic rings. The Kier molecular flexibility index (Phi) is 5.27. The van der Waals surface area contributed by atoms with Gasteiger partial charge >= 0.3 is 0 Å². The fourth-order valence-electron chi connectivity index (χ4n) is 3.02. The Labute approximate surface area is 178 Å². The fraction of sp³-hybridized carbons (Fsp3) is 0.0909. The summed E-state index contributed by atoms with van der Waals surface area (Å²) in [6.07, 6.45) is 0. The van der Waals surface area contributed by atoms with Gasteiger partial charge in [0.1, 0.15) is 0 Å². The number of thiazole rings is 1. The van der Waals surface area contributed by atoms with Crippen molar-refractivity contribution in [2.24, 2.45) is 0 Å². The number of anilines is 2. The molecule has 0 spiro atoms. The molecule has 0 unspecified atom stereocenters. The van der Waals surface area contributed by atoms with E-state index in [2.05, 4.69) is 10.3 Å². The molecular formula is C22H19N3O3S2. The van der Waals surface area contributed by atoms with Gasteiger partial charge in [-0.15, -0.1) is 0 Å². The highest BCUT2D eigenvalue weighted by Crippen LogP contribution is 2.28. The molecule has 8 heteroatoms. The Balaban J connectivity index is 1.53. The van der Waals surface area contributed by atoms with E-state index >= 15 is 0 Å². The van der Waals surface area contributed by atoms with Crippen molar-refractivity contribution in [1.29, 1.82) is 0 Å². The second-order valence-electron chi connectivity index (χ2n) is 6.73. The molecule has 0 saturated heterocycles. The molecule has 0 bridgehead atoms. The predicted molar refractivity (Wildman–Crippen MR) is 121 cm³/mol. The standard InChI is InChI=1S/C22H19N3O3S2/c1-15-7-6-10-19-20(15)23-22(29-19)24-21(26)16-11-13-18(14-12-16)30(27,28)25(2)17-8-4-3-5-9-17/h3-14H,1-2H3,(H,23,24,26). The second-order valence-corrected chi connectivity index (χ2v) is 9.73. The number of hydrogen-bond acceptors (Lipinski definition) is 5. The number of aryl methyl sites for hydroxylation is 1. The topological polar surface area (TPSA) is 79.4 Å². The van der Waals surface area contributed by atoms with Crippen LogP contribution in [0.2, 0.25) is 0 Å². The SMILES string of the molecule is Cc1cccc2sc(NC(=O)c3ccc(S(=O)(=O)N(C)c4ccccc4)cc3)nc12. The number of para-hydroxylation sites is 2. The maximum absolute atomic E-state index is 12.9. The van der Waals surface area contributed by atoms with Gasteiger partial charge in [0.2, 0.25) is 0 Å². The Hall–Kier alpha value is -3.23. The van der Waals surface area contributed by atoms with Gasteiger partial charge in [0.25, 0.3) is 15.9 Å². The summed E-state index contributed by atoms with van der Waals surface area (Å²) >= 11 is 1.40. The normalized spacial score (nSPS) is 11.4. The van der Waals surface area contributed by atoms with E-state index in [1.54, 1.807) is 24.3 Å². The molecule has 1 aromatic heterocycles. The lowest BCUT2D eigenvalue weighted by Crippen LogP contribution is -2.26. The van der Waals surface area contributed by atoms with Crippen molar-refractivity contribution < 1.29 is 13.2 Å². The number of nitrogens with zero attached hydrogens (tertiary/aromatic N) is 2. The summed E-state index contributed by atoms with van der Waals surface area (Å²) in [4.78, 5) is 17.2. The van der Waals surface area contributed by atoms with Gasteiger partial charge in [-0.05, 0) is 55.0 Å². The molecule has 152 valence electrons. The van der Waals surface area contributed by atoms with Gasteiger partial charge in [0.05, 0.1) is 20.8 Å². The van der Waals surface area contributed by atoms with Crippen molar-refractivity contribution in [3.63, 3.8) is 0 Å².